The van der Waals surface area contributed by atoms with E-state index in [1.54, 1.807) is 11.1 Å². The topological polar surface area (TPSA) is 78.7 Å². The summed E-state index contributed by atoms with van der Waals surface area (Å²) in [7, 11) is 0. The summed E-state index contributed by atoms with van der Waals surface area (Å²) < 4.78 is 29.3. The lowest BCUT2D eigenvalue weighted by Crippen LogP contribution is -2.38. The first-order valence-corrected chi connectivity index (χ1v) is 11.8. The van der Waals surface area contributed by atoms with E-state index in [0.29, 0.717) is 25.3 Å². The van der Waals surface area contributed by atoms with Crippen molar-refractivity contribution >= 4 is 23.3 Å². The number of piperidine rings is 1. The first-order valence-electron chi connectivity index (χ1n) is 11.8. The molecule has 7 nitrogen and oxygen atoms in total. The number of fused-ring (bicyclic) bond motifs is 1. The molecule has 2 aromatic carbocycles. The van der Waals surface area contributed by atoms with Crippen molar-refractivity contribution in [3.05, 3.63) is 102 Å². The fourth-order valence-corrected chi connectivity index (χ4v) is 4.51. The Morgan fingerprint density at radius 1 is 0.972 bits per heavy atom. The number of hydrogen-bond donors (Lipinski definition) is 2. The molecule has 3 amide bonds. The molecule has 1 aliphatic rings. The lowest BCUT2D eigenvalue weighted by atomic mass is 9.89. The molecule has 0 spiro atoms. The summed E-state index contributed by atoms with van der Waals surface area (Å²) in [5.41, 5.74) is 3.32. The van der Waals surface area contributed by atoms with E-state index in [-0.39, 0.29) is 17.5 Å². The average Bonchev–Trinajstić information content (AvgIpc) is 3.37. The molecule has 1 saturated heterocycles. The van der Waals surface area contributed by atoms with Gasteiger partial charge in [0.25, 0.3) is 5.91 Å². The van der Waals surface area contributed by atoms with Gasteiger partial charge in [-0.15, -0.1) is 0 Å². The van der Waals surface area contributed by atoms with E-state index in [2.05, 4.69) is 15.6 Å². The quantitative estimate of drug-likeness (QED) is 0.416. The molecule has 5 rings (SSSR count). The average molecular weight is 490 g/mol. The number of carbonyl (C=O) groups excluding carboxylic acids is 2. The Balaban J connectivity index is 1.11. The molecule has 1 aliphatic heterocycles. The van der Waals surface area contributed by atoms with Crippen LogP contribution < -0.4 is 10.6 Å². The molecule has 36 heavy (non-hydrogen) atoms. The van der Waals surface area contributed by atoms with E-state index >= 15 is 0 Å². The van der Waals surface area contributed by atoms with Gasteiger partial charge in [0.1, 0.15) is 17.3 Å². The standard InChI is InChI=1S/C27H25F2N5O2/c28-21-3-6-24(29)23(16-21)26(35)34-12-8-20(9-13-34)19-1-4-22(5-2-19)32-27(36)31-17-18-7-11-33-14-10-30-25(33)15-18/h1-7,10-11,14-16,20H,8-9,12-13,17H2,(H2,31,32,36). The van der Waals surface area contributed by atoms with Gasteiger partial charge < -0.3 is 19.9 Å². The Kier molecular flexibility index (Phi) is 6.62. The normalized spacial score (nSPS) is 14.1. The number of nitrogens with zero attached hydrogens (tertiary/aromatic N) is 3. The van der Waals surface area contributed by atoms with Crippen LogP contribution in [0.4, 0.5) is 19.3 Å². The Labute approximate surface area is 206 Å². The van der Waals surface area contributed by atoms with Gasteiger partial charge in [-0.25, -0.2) is 18.6 Å². The molecule has 0 aliphatic carbocycles. The Morgan fingerprint density at radius 3 is 2.53 bits per heavy atom. The number of likely N-dealkylation sites (tertiary alicyclic amines) is 1. The molecule has 3 heterocycles. The molecule has 1 fully saturated rings. The van der Waals surface area contributed by atoms with Crippen LogP contribution in [0, 0.1) is 11.6 Å². The zero-order valence-corrected chi connectivity index (χ0v) is 19.5. The first kappa shape index (κ1) is 23.5. The van der Waals surface area contributed by atoms with E-state index in [4.69, 9.17) is 0 Å². The Morgan fingerprint density at radius 2 is 1.75 bits per heavy atom. The van der Waals surface area contributed by atoms with Gasteiger partial charge in [0.15, 0.2) is 0 Å². The largest absolute Gasteiger partial charge is 0.339 e. The van der Waals surface area contributed by atoms with Crippen molar-refractivity contribution in [1.82, 2.24) is 19.6 Å². The van der Waals surface area contributed by atoms with E-state index in [0.717, 1.165) is 47.8 Å². The van der Waals surface area contributed by atoms with Crippen LogP contribution in [0.25, 0.3) is 5.65 Å². The molecule has 2 N–H and O–H groups in total. The third-order valence-corrected chi connectivity index (χ3v) is 6.50. The van der Waals surface area contributed by atoms with Crippen LogP contribution in [0.5, 0.6) is 0 Å². The van der Waals surface area contributed by atoms with Crippen LogP contribution in [0.1, 0.15) is 40.2 Å². The van der Waals surface area contributed by atoms with Gasteiger partial charge in [0.05, 0.1) is 5.56 Å². The minimum atomic E-state index is -0.713. The zero-order chi connectivity index (χ0) is 25.1. The summed E-state index contributed by atoms with van der Waals surface area (Å²) >= 11 is 0. The molecular formula is C27H25F2N5O2. The number of nitrogens with one attached hydrogen (secondary N) is 2. The number of benzene rings is 2. The molecule has 9 heteroatoms. The molecule has 0 unspecified atom stereocenters. The summed E-state index contributed by atoms with van der Waals surface area (Å²) in [6, 6.07) is 14.1. The number of halogens is 2. The van der Waals surface area contributed by atoms with Gasteiger partial charge in [0, 0.05) is 43.9 Å². The predicted molar refractivity (Wildman–Crippen MR) is 132 cm³/mol. The summed E-state index contributed by atoms with van der Waals surface area (Å²) in [5, 5.41) is 5.68. The number of rotatable bonds is 5. The lowest BCUT2D eigenvalue weighted by Gasteiger charge is -2.32. The van der Waals surface area contributed by atoms with Crippen LogP contribution in [0.15, 0.2) is 73.2 Å². The lowest BCUT2D eigenvalue weighted by molar-refractivity contribution is 0.0707. The SMILES string of the molecule is O=C(NCc1ccn2ccnc2c1)Nc1ccc(C2CCN(C(=O)c3cc(F)ccc3F)CC2)cc1. The van der Waals surface area contributed by atoms with Gasteiger partial charge in [-0.05, 0) is 72.4 Å². The minimum absolute atomic E-state index is 0.232. The highest BCUT2D eigenvalue weighted by atomic mass is 19.1. The zero-order valence-electron chi connectivity index (χ0n) is 19.5. The highest BCUT2D eigenvalue weighted by Gasteiger charge is 2.26. The van der Waals surface area contributed by atoms with Crippen molar-refractivity contribution in [2.75, 3.05) is 18.4 Å². The van der Waals surface area contributed by atoms with Crippen LogP contribution in [-0.2, 0) is 6.54 Å². The second-order valence-electron chi connectivity index (χ2n) is 8.85. The number of amides is 3. The monoisotopic (exact) mass is 489 g/mol. The molecule has 4 aromatic rings. The van der Waals surface area contributed by atoms with Crippen molar-refractivity contribution in [3.8, 4) is 0 Å². The van der Waals surface area contributed by atoms with Crippen LogP contribution in [0.2, 0.25) is 0 Å². The molecule has 0 saturated carbocycles. The van der Waals surface area contributed by atoms with Crippen molar-refractivity contribution in [1.29, 1.82) is 0 Å². The summed E-state index contributed by atoms with van der Waals surface area (Å²) in [6.07, 6.45) is 6.92. The second kappa shape index (κ2) is 10.2. The van der Waals surface area contributed by atoms with Crippen molar-refractivity contribution in [2.45, 2.75) is 25.3 Å². The van der Waals surface area contributed by atoms with Gasteiger partial charge in [-0.2, -0.15) is 0 Å². The number of hydrogen-bond acceptors (Lipinski definition) is 3. The highest BCUT2D eigenvalue weighted by molar-refractivity contribution is 5.94. The van der Waals surface area contributed by atoms with E-state index in [1.807, 2.05) is 53.2 Å². The molecule has 0 atom stereocenters. The summed E-state index contributed by atoms with van der Waals surface area (Å²) in [6.45, 7) is 1.31. The molecular weight excluding hydrogens is 464 g/mol. The minimum Gasteiger partial charge on any atom is -0.339 e. The summed E-state index contributed by atoms with van der Waals surface area (Å²) in [5.74, 6) is -1.59. The first-order chi connectivity index (χ1) is 17.5. The highest BCUT2D eigenvalue weighted by Crippen LogP contribution is 2.30. The van der Waals surface area contributed by atoms with Gasteiger partial charge in [-0.3, -0.25) is 4.79 Å². The number of imidazole rings is 1. The predicted octanol–water partition coefficient (Wildman–Crippen LogP) is 4.95. The Bertz CT molecular complexity index is 1400. The second-order valence-corrected chi connectivity index (χ2v) is 8.85. The van der Waals surface area contributed by atoms with Crippen LogP contribution in [0.3, 0.4) is 0 Å². The van der Waals surface area contributed by atoms with Gasteiger partial charge in [-0.1, -0.05) is 12.1 Å². The van der Waals surface area contributed by atoms with Gasteiger partial charge in [0.2, 0.25) is 0 Å². The molecule has 2 aromatic heterocycles. The van der Waals surface area contributed by atoms with E-state index in [9.17, 15) is 18.4 Å². The number of pyridine rings is 1. The van der Waals surface area contributed by atoms with Crippen molar-refractivity contribution in [3.63, 3.8) is 0 Å². The number of urea groups is 1. The van der Waals surface area contributed by atoms with Crippen molar-refractivity contribution in [2.24, 2.45) is 0 Å². The molecule has 0 radical (unpaired) electrons. The van der Waals surface area contributed by atoms with Gasteiger partial charge >= 0.3 is 6.03 Å². The number of carbonyl (C=O) groups is 2. The third-order valence-electron chi connectivity index (χ3n) is 6.50. The maximum absolute atomic E-state index is 14.0. The van der Waals surface area contributed by atoms with E-state index < -0.39 is 17.5 Å². The van der Waals surface area contributed by atoms with E-state index in [1.165, 1.54) is 0 Å². The Hall–Kier alpha value is -4.27. The molecule has 0 bridgehead atoms. The smallest absolute Gasteiger partial charge is 0.319 e. The molecule has 184 valence electrons. The maximum Gasteiger partial charge on any atom is 0.319 e. The number of anilines is 1. The van der Waals surface area contributed by atoms with Crippen molar-refractivity contribution < 1.29 is 18.4 Å². The maximum atomic E-state index is 14.0. The fourth-order valence-electron chi connectivity index (χ4n) is 4.51. The van der Waals surface area contributed by atoms with Crippen LogP contribution >= 0.6 is 0 Å². The number of aromatic nitrogens is 2. The fraction of sp³-hybridized carbons (Fsp3) is 0.222. The summed E-state index contributed by atoms with van der Waals surface area (Å²) in [4.78, 5) is 30.7. The third kappa shape index (κ3) is 5.19. The van der Waals surface area contributed by atoms with Crippen LogP contribution in [-0.4, -0.2) is 39.3 Å².